The first-order chi connectivity index (χ1) is 9.22. The third-order valence-electron chi connectivity index (χ3n) is 3.78. The lowest BCUT2D eigenvalue weighted by molar-refractivity contribution is 0.182. The van der Waals surface area contributed by atoms with Crippen LogP contribution in [0.25, 0.3) is 0 Å². The van der Waals surface area contributed by atoms with Crippen LogP contribution in [0.1, 0.15) is 46.2 Å². The normalized spacial score (nSPS) is 16.9. The fourth-order valence-electron chi connectivity index (χ4n) is 2.76. The van der Waals surface area contributed by atoms with E-state index in [0.29, 0.717) is 6.42 Å². The summed E-state index contributed by atoms with van der Waals surface area (Å²) in [5.41, 5.74) is 2.57. The zero-order valence-corrected chi connectivity index (χ0v) is 12.1. The number of hydrogen-bond acceptors (Lipinski definition) is 3. The standard InChI is InChI=1S/C15H20N2OS/c1-17-10-11(9-16-17)7-13(18)15-8-12-5-3-2-4-6-14(12)19-15/h8-10,13,18H,2-7H2,1H3. The van der Waals surface area contributed by atoms with Crippen molar-refractivity contribution in [2.24, 2.45) is 7.05 Å². The zero-order valence-electron chi connectivity index (χ0n) is 11.3. The van der Waals surface area contributed by atoms with Gasteiger partial charge in [-0.3, -0.25) is 4.68 Å². The van der Waals surface area contributed by atoms with E-state index in [1.54, 1.807) is 16.0 Å². The molecule has 0 aliphatic heterocycles. The molecule has 1 unspecified atom stereocenters. The van der Waals surface area contributed by atoms with Crippen LogP contribution in [0, 0.1) is 0 Å². The van der Waals surface area contributed by atoms with Gasteiger partial charge in [-0.15, -0.1) is 11.3 Å². The van der Waals surface area contributed by atoms with Crippen molar-refractivity contribution >= 4 is 11.3 Å². The minimum Gasteiger partial charge on any atom is -0.387 e. The van der Waals surface area contributed by atoms with Gasteiger partial charge >= 0.3 is 0 Å². The van der Waals surface area contributed by atoms with Gasteiger partial charge in [0.2, 0.25) is 0 Å². The number of nitrogens with zero attached hydrogens (tertiary/aromatic N) is 2. The highest BCUT2D eigenvalue weighted by Crippen LogP contribution is 2.33. The van der Waals surface area contributed by atoms with E-state index in [2.05, 4.69) is 11.2 Å². The minimum absolute atomic E-state index is 0.388. The van der Waals surface area contributed by atoms with E-state index in [1.165, 1.54) is 42.5 Å². The van der Waals surface area contributed by atoms with Crippen molar-refractivity contribution in [3.05, 3.63) is 39.3 Å². The van der Waals surface area contributed by atoms with Gasteiger partial charge in [-0.05, 0) is 42.9 Å². The molecule has 0 bridgehead atoms. The molecule has 2 aromatic rings. The monoisotopic (exact) mass is 276 g/mol. The Morgan fingerprint density at radius 3 is 3.00 bits per heavy atom. The van der Waals surface area contributed by atoms with Crippen molar-refractivity contribution in [1.29, 1.82) is 0 Å². The van der Waals surface area contributed by atoms with Gasteiger partial charge in [-0.1, -0.05) is 6.42 Å². The number of aliphatic hydroxyl groups excluding tert-OH is 1. The van der Waals surface area contributed by atoms with Crippen molar-refractivity contribution in [3.63, 3.8) is 0 Å². The number of aromatic nitrogens is 2. The number of rotatable bonds is 3. The molecular weight excluding hydrogens is 256 g/mol. The van der Waals surface area contributed by atoms with Crippen LogP contribution >= 0.6 is 11.3 Å². The van der Waals surface area contributed by atoms with Crippen LogP contribution in [0.4, 0.5) is 0 Å². The Morgan fingerprint density at radius 2 is 2.21 bits per heavy atom. The molecule has 0 saturated carbocycles. The van der Waals surface area contributed by atoms with E-state index in [-0.39, 0.29) is 6.10 Å². The molecule has 3 rings (SSSR count). The van der Waals surface area contributed by atoms with Gasteiger partial charge in [0.25, 0.3) is 0 Å². The van der Waals surface area contributed by atoms with Gasteiger partial charge in [0.15, 0.2) is 0 Å². The second kappa shape index (κ2) is 5.47. The molecule has 0 saturated heterocycles. The fraction of sp³-hybridized carbons (Fsp3) is 0.533. The highest BCUT2D eigenvalue weighted by molar-refractivity contribution is 7.12. The first-order valence-electron chi connectivity index (χ1n) is 6.99. The maximum absolute atomic E-state index is 10.4. The average molecular weight is 276 g/mol. The number of hydrogen-bond donors (Lipinski definition) is 1. The van der Waals surface area contributed by atoms with Crippen LogP contribution in [0.3, 0.4) is 0 Å². The summed E-state index contributed by atoms with van der Waals surface area (Å²) in [6.45, 7) is 0. The molecule has 1 N–H and O–H groups in total. The molecule has 19 heavy (non-hydrogen) atoms. The smallest absolute Gasteiger partial charge is 0.0923 e. The summed E-state index contributed by atoms with van der Waals surface area (Å²) in [6, 6.07) is 2.23. The van der Waals surface area contributed by atoms with E-state index < -0.39 is 0 Å². The molecule has 1 aliphatic carbocycles. The molecule has 4 heteroatoms. The van der Waals surface area contributed by atoms with Crippen molar-refractivity contribution in [3.8, 4) is 0 Å². The van der Waals surface area contributed by atoms with Gasteiger partial charge in [-0.25, -0.2) is 0 Å². The fourth-order valence-corrected chi connectivity index (χ4v) is 4.00. The topological polar surface area (TPSA) is 38.0 Å². The van der Waals surface area contributed by atoms with Gasteiger partial charge in [0.1, 0.15) is 0 Å². The molecule has 1 aliphatic rings. The molecule has 1 atom stereocenters. The predicted molar refractivity (Wildman–Crippen MR) is 77.4 cm³/mol. The number of fused-ring (bicyclic) bond motifs is 1. The first kappa shape index (κ1) is 12.9. The van der Waals surface area contributed by atoms with Gasteiger partial charge < -0.3 is 5.11 Å². The molecular formula is C15H20N2OS. The molecule has 0 amide bonds. The summed E-state index contributed by atoms with van der Waals surface area (Å²) in [7, 11) is 1.91. The highest BCUT2D eigenvalue weighted by atomic mass is 32.1. The summed E-state index contributed by atoms with van der Waals surface area (Å²) < 4.78 is 1.78. The third kappa shape index (κ3) is 2.90. The van der Waals surface area contributed by atoms with Crippen LogP contribution in [-0.4, -0.2) is 14.9 Å². The molecule has 102 valence electrons. The maximum atomic E-state index is 10.4. The van der Waals surface area contributed by atoms with Gasteiger partial charge in [-0.2, -0.15) is 5.10 Å². The molecule has 0 aromatic carbocycles. The summed E-state index contributed by atoms with van der Waals surface area (Å²) in [4.78, 5) is 2.62. The molecule has 0 radical (unpaired) electrons. The molecule has 0 spiro atoms. The number of aryl methyl sites for hydroxylation is 3. The van der Waals surface area contributed by atoms with Crippen LogP contribution in [0.2, 0.25) is 0 Å². The Hall–Kier alpha value is -1.13. The van der Waals surface area contributed by atoms with Gasteiger partial charge in [0, 0.05) is 29.4 Å². The van der Waals surface area contributed by atoms with Crippen molar-refractivity contribution in [2.75, 3.05) is 0 Å². The number of thiophene rings is 1. The Kier molecular flexibility index (Phi) is 3.71. The molecule has 2 heterocycles. The van der Waals surface area contributed by atoms with E-state index >= 15 is 0 Å². The summed E-state index contributed by atoms with van der Waals surface area (Å²) in [5.74, 6) is 0. The average Bonchev–Trinajstić information content (AvgIpc) is 2.91. The minimum atomic E-state index is -0.388. The van der Waals surface area contributed by atoms with Crippen LogP contribution in [0.5, 0.6) is 0 Å². The Labute approximate surface area is 117 Å². The lowest BCUT2D eigenvalue weighted by atomic mass is 10.1. The van der Waals surface area contributed by atoms with E-state index in [1.807, 2.05) is 19.4 Å². The Balaban J connectivity index is 1.74. The quantitative estimate of drug-likeness (QED) is 0.875. The second-order valence-corrected chi connectivity index (χ2v) is 6.57. The van der Waals surface area contributed by atoms with Gasteiger partial charge in [0.05, 0.1) is 12.3 Å². The Morgan fingerprint density at radius 1 is 1.37 bits per heavy atom. The predicted octanol–water partition coefficient (Wildman–Crippen LogP) is 3.03. The highest BCUT2D eigenvalue weighted by Gasteiger charge is 2.17. The summed E-state index contributed by atoms with van der Waals surface area (Å²) >= 11 is 1.81. The third-order valence-corrected chi connectivity index (χ3v) is 5.12. The van der Waals surface area contributed by atoms with E-state index in [4.69, 9.17) is 0 Å². The van der Waals surface area contributed by atoms with E-state index in [9.17, 15) is 5.11 Å². The molecule has 0 fully saturated rings. The summed E-state index contributed by atoms with van der Waals surface area (Å²) in [5, 5.41) is 14.5. The van der Waals surface area contributed by atoms with Crippen molar-refractivity contribution in [1.82, 2.24) is 9.78 Å². The molecule has 2 aromatic heterocycles. The number of aliphatic hydroxyl groups is 1. The second-order valence-electron chi connectivity index (χ2n) is 5.40. The Bertz CT molecular complexity index is 535. The van der Waals surface area contributed by atoms with Crippen LogP contribution < -0.4 is 0 Å². The lowest BCUT2D eigenvalue weighted by Gasteiger charge is -2.06. The van der Waals surface area contributed by atoms with Crippen molar-refractivity contribution in [2.45, 2.75) is 44.6 Å². The van der Waals surface area contributed by atoms with Crippen LogP contribution in [0.15, 0.2) is 18.5 Å². The molecule has 3 nitrogen and oxygen atoms in total. The largest absolute Gasteiger partial charge is 0.387 e. The SMILES string of the molecule is Cn1cc(CC(O)c2cc3c(s2)CCCCC3)cn1. The van der Waals surface area contributed by atoms with Crippen LogP contribution in [-0.2, 0) is 26.3 Å². The zero-order chi connectivity index (χ0) is 13.2. The first-order valence-corrected chi connectivity index (χ1v) is 7.81. The lowest BCUT2D eigenvalue weighted by Crippen LogP contribution is -1.98. The van der Waals surface area contributed by atoms with Crippen molar-refractivity contribution < 1.29 is 5.11 Å². The summed E-state index contributed by atoms with van der Waals surface area (Å²) in [6.07, 6.45) is 10.4. The van der Waals surface area contributed by atoms with E-state index in [0.717, 1.165) is 10.4 Å². The maximum Gasteiger partial charge on any atom is 0.0923 e.